The summed E-state index contributed by atoms with van der Waals surface area (Å²) in [7, 11) is 0. The normalized spacial score (nSPS) is 18.9. The Morgan fingerprint density at radius 2 is 2.30 bits per heavy atom. The lowest BCUT2D eigenvalue weighted by atomic mass is 10.2. The Balaban J connectivity index is 1.82. The molecule has 0 saturated carbocycles. The molecule has 0 bridgehead atoms. The monoisotopic (exact) mass is 356 g/mol. The molecular weight excluding hydrogens is 348 g/mol. The van der Waals surface area contributed by atoms with Gasteiger partial charge in [-0.15, -0.1) is 0 Å². The number of piperazine rings is 1. The van der Waals surface area contributed by atoms with Crippen LogP contribution in [0.3, 0.4) is 0 Å². The zero-order valence-corrected chi connectivity index (χ0v) is 12.5. The smallest absolute Gasteiger partial charge is 0.245 e. The van der Waals surface area contributed by atoms with Crippen molar-refractivity contribution in [2.75, 3.05) is 13.1 Å². The molecular formula is C12H10BrClN4O2. The molecule has 0 spiro atoms. The van der Waals surface area contributed by atoms with Crippen molar-refractivity contribution in [3.8, 4) is 11.4 Å². The zero-order valence-electron chi connectivity index (χ0n) is 10.2. The van der Waals surface area contributed by atoms with Crippen molar-refractivity contribution in [1.29, 1.82) is 0 Å². The van der Waals surface area contributed by atoms with E-state index >= 15 is 0 Å². The van der Waals surface area contributed by atoms with Crippen LogP contribution < -0.4 is 10.6 Å². The third-order valence-electron chi connectivity index (χ3n) is 2.93. The zero-order chi connectivity index (χ0) is 14.1. The SMILES string of the molecule is O=C1CNC(c2nc(-c3ccc(Cl)c(Br)c3)no2)CN1. The van der Waals surface area contributed by atoms with Gasteiger partial charge < -0.3 is 9.84 Å². The van der Waals surface area contributed by atoms with Gasteiger partial charge in [-0.05, 0) is 34.1 Å². The average molecular weight is 358 g/mol. The fourth-order valence-electron chi connectivity index (χ4n) is 1.87. The van der Waals surface area contributed by atoms with Crippen molar-refractivity contribution in [3.05, 3.63) is 33.6 Å². The molecule has 1 amide bonds. The van der Waals surface area contributed by atoms with Crippen LogP contribution in [0.5, 0.6) is 0 Å². The topological polar surface area (TPSA) is 80.1 Å². The number of carbonyl (C=O) groups excluding carboxylic acids is 1. The van der Waals surface area contributed by atoms with Crippen molar-refractivity contribution < 1.29 is 9.32 Å². The molecule has 2 aromatic rings. The minimum Gasteiger partial charge on any atom is -0.353 e. The fraction of sp³-hybridized carbons (Fsp3) is 0.250. The van der Waals surface area contributed by atoms with Crippen LogP contribution in [0.25, 0.3) is 11.4 Å². The highest BCUT2D eigenvalue weighted by molar-refractivity contribution is 9.10. The number of hydrogen-bond acceptors (Lipinski definition) is 5. The minimum absolute atomic E-state index is 0.0392. The predicted molar refractivity (Wildman–Crippen MR) is 76.2 cm³/mol. The molecule has 2 N–H and O–H groups in total. The number of rotatable bonds is 2. The van der Waals surface area contributed by atoms with Crippen LogP contribution in [-0.4, -0.2) is 29.1 Å². The second-order valence-electron chi connectivity index (χ2n) is 4.32. The van der Waals surface area contributed by atoms with Gasteiger partial charge >= 0.3 is 0 Å². The van der Waals surface area contributed by atoms with Gasteiger partial charge in [-0.2, -0.15) is 4.98 Å². The summed E-state index contributed by atoms with van der Waals surface area (Å²) in [5.41, 5.74) is 0.802. The molecule has 3 rings (SSSR count). The summed E-state index contributed by atoms with van der Waals surface area (Å²) >= 11 is 9.30. The van der Waals surface area contributed by atoms with E-state index in [4.69, 9.17) is 16.1 Å². The van der Waals surface area contributed by atoms with Crippen LogP contribution in [0.15, 0.2) is 27.2 Å². The summed E-state index contributed by atoms with van der Waals surface area (Å²) in [6, 6.07) is 5.24. The molecule has 1 aliphatic heterocycles. The van der Waals surface area contributed by atoms with Crippen LogP contribution in [0, 0.1) is 0 Å². The van der Waals surface area contributed by atoms with Gasteiger partial charge in [-0.1, -0.05) is 16.8 Å². The number of aromatic nitrogens is 2. The first-order valence-corrected chi connectivity index (χ1v) is 7.09. The molecule has 104 valence electrons. The van der Waals surface area contributed by atoms with E-state index in [1.54, 1.807) is 6.07 Å². The summed E-state index contributed by atoms with van der Waals surface area (Å²) in [4.78, 5) is 15.4. The Bertz CT molecular complexity index is 651. The fourth-order valence-corrected chi connectivity index (χ4v) is 2.37. The third-order valence-corrected chi connectivity index (χ3v) is 4.14. The van der Waals surface area contributed by atoms with Crippen molar-refractivity contribution >= 4 is 33.4 Å². The quantitative estimate of drug-likeness (QED) is 0.858. The Labute approximate surface area is 128 Å². The van der Waals surface area contributed by atoms with E-state index in [1.807, 2.05) is 12.1 Å². The average Bonchev–Trinajstić information content (AvgIpc) is 2.92. The molecule has 1 aromatic carbocycles. The maximum absolute atomic E-state index is 11.1. The molecule has 1 aliphatic rings. The number of amides is 1. The van der Waals surface area contributed by atoms with Gasteiger partial charge in [0.1, 0.15) is 6.04 Å². The largest absolute Gasteiger partial charge is 0.353 e. The summed E-state index contributed by atoms with van der Waals surface area (Å²) in [6.07, 6.45) is 0. The van der Waals surface area contributed by atoms with E-state index in [0.717, 1.165) is 10.0 Å². The van der Waals surface area contributed by atoms with E-state index in [1.165, 1.54) is 0 Å². The highest BCUT2D eigenvalue weighted by Crippen LogP contribution is 2.28. The van der Waals surface area contributed by atoms with Crippen LogP contribution in [0.2, 0.25) is 5.02 Å². The van der Waals surface area contributed by atoms with E-state index in [9.17, 15) is 4.79 Å². The maximum atomic E-state index is 11.1. The van der Waals surface area contributed by atoms with Gasteiger partial charge in [-0.3, -0.25) is 10.1 Å². The molecule has 1 aromatic heterocycles. The summed E-state index contributed by atoms with van der Waals surface area (Å²) in [5, 5.41) is 10.3. The first-order valence-electron chi connectivity index (χ1n) is 5.92. The minimum atomic E-state index is -0.162. The molecule has 0 aliphatic carbocycles. The standard InChI is InChI=1S/C12H10BrClN4O2/c13-7-3-6(1-2-8(7)14)11-17-12(20-18-11)9-4-16-10(19)5-15-9/h1-3,9,15H,4-5H2,(H,16,19). The molecule has 1 atom stereocenters. The Hall–Kier alpha value is -1.44. The molecule has 20 heavy (non-hydrogen) atoms. The number of nitrogens with one attached hydrogen (secondary N) is 2. The molecule has 1 saturated heterocycles. The highest BCUT2D eigenvalue weighted by Gasteiger charge is 2.24. The second kappa shape index (κ2) is 5.51. The molecule has 6 nitrogen and oxygen atoms in total. The lowest BCUT2D eigenvalue weighted by Gasteiger charge is -2.20. The molecule has 0 radical (unpaired) electrons. The summed E-state index contributed by atoms with van der Waals surface area (Å²) < 4.78 is 6.01. The van der Waals surface area contributed by atoms with Gasteiger partial charge in [-0.25, -0.2) is 0 Å². The first-order chi connectivity index (χ1) is 9.63. The van der Waals surface area contributed by atoms with E-state index in [0.29, 0.717) is 23.3 Å². The first kappa shape index (κ1) is 13.5. The number of benzene rings is 1. The molecule has 8 heteroatoms. The van der Waals surface area contributed by atoms with Gasteiger partial charge in [0.2, 0.25) is 17.6 Å². The van der Waals surface area contributed by atoms with Gasteiger partial charge in [0.05, 0.1) is 11.6 Å². The van der Waals surface area contributed by atoms with Crippen LogP contribution in [0.4, 0.5) is 0 Å². The summed E-state index contributed by atoms with van der Waals surface area (Å²) in [6.45, 7) is 0.680. The Morgan fingerprint density at radius 3 is 3.00 bits per heavy atom. The van der Waals surface area contributed by atoms with E-state index < -0.39 is 0 Å². The lowest BCUT2D eigenvalue weighted by molar-refractivity contribution is -0.121. The number of hydrogen-bond donors (Lipinski definition) is 2. The number of halogens is 2. The molecule has 1 unspecified atom stereocenters. The van der Waals surface area contributed by atoms with Gasteiger partial charge in [0, 0.05) is 16.6 Å². The van der Waals surface area contributed by atoms with Crippen molar-refractivity contribution in [3.63, 3.8) is 0 Å². The maximum Gasteiger partial charge on any atom is 0.245 e. The van der Waals surface area contributed by atoms with Gasteiger partial charge in [0.25, 0.3) is 0 Å². The van der Waals surface area contributed by atoms with Gasteiger partial charge in [0.15, 0.2) is 0 Å². The van der Waals surface area contributed by atoms with Crippen LogP contribution in [0.1, 0.15) is 11.9 Å². The van der Waals surface area contributed by atoms with Crippen LogP contribution in [-0.2, 0) is 4.79 Å². The number of carbonyl (C=O) groups is 1. The van der Waals surface area contributed by atoms with Crippen molar-refractivity contribution in [2.45, 2.75) is 6.04 Å². The van der Waals surface area contributed by atoms with Crippen molar-refractivity contribution in [1.82, 2.24) is 20.8 Å². The van der Waals surface area contributed by atoms with E-state index in [-0.39, 0.29) is 18.5 Å². The Morgan fingerprint density at radius 1 is 1.45 bits per heavy atom. The summed E-state index contributed by atoms with van der Waals surface area (Å²) in [5.74, 6) is 0.893. The third kappa shape index (κ3) is 2.70. The van der Waals surface area contributed by atoms with Crippen molar-refractivity contribution in [2.24, 2.45) is 0 Å². The number of nitrogens with zero attached hydrogens (tertiary/aromatic N) is 2. The van der Waals surface area contributed by atoms with E-state index in [2.05, 4.69) is 36.7 Å². The molecule has 1 fully saturated rings. The highest BCUT2D eigenvalue weighted by atomic mass is 79.9. The lowest BCUT2D eigenvalue weighted by Crippen LogP contribution is -2.47. The molecule has 2 heterocycles. The second-order valence-corrected chi connectivity index (χ2v) is 5.58. The Kier molecular flexibility index (Phi) is 3.73. The van der Waals surface area contributed by atoms with Crippen LogP contribution >= 0.6 is 27.5 Å². The predicted octanol–water partition coefficient (Wildman–Crippen LogP) is 1.91.